The van der Waals surface area contributed by atoms with Gasteiger partial charge in [-0.1, -0.05) is 53.3 Å². The van der Waals surface area contributed by atoms with E-state index in [0.29, 0.717) is 31.2 Å². The number of allylic oxidation sites excluding steroid dienone is 1. The van der Waals surface area contributed by atoms with Crippen LogP contribution in [0.5, 0.6) is 0 Å². The Balaban J connectivity index is 1.92. The van der Waals surface area contributed by atoms with Crippen molar-refractivity contribution in [2.75, 3.05) is 25.6 Å². The van der Waals surface area contributed by atoms with Crippen LogP contribution in [0.4, 0.5) is 5.69 Å². The average molecular weight is 482 g/mol. The Morgan fingerprint density at radius 1 is 1.21 bits per heavy atom. The summed E-state index contributed by atoms with van der Waals surface area (Å²) in [4.78, 5) is 33.6. The smallest absolute Gasteiger partial charge is 0.338 e. The van der Waals surface area contributed by atoms with Gasteiger partial charge in [0.05, 0.1) is 22.4 Å². The lowest BCUT2D eigenvalue weighted by Crippen LogP contribution is -2.40. The van der Waals surface area contributed by atoms with E-state index in [-0.39, 0.29) is 12.2 Å². The zero-order chi connectivity index (χ0) is 23.7. The summed E-state index contributed by atoms with van der Waals surface area (Å²) >= 11 is 7.81. The van der Waals surface area contributed by atoms with Gasteiger partial charge in [0.15, 0.2) is 4.80 Å². The Morgan fingerprint density at radius 3 is 2.55 bits per heavy atom. The molecule has 0 radical (unpaired) electrons. The number of thiazole rings is 1. The highest BCUT2D eigenvalue weighted by Crippen LogP contribution is 2.34. The minimum atomic E-state index is -0.715. The van der Waals surface area contributed by atoms with Crippen LogP contribution in [-0.4, -0.2) is 31.2 Å². The first-order valence-electron chi connectivity index (χ1n) is 10.5. The number of rotatable bonds is 5. The van der Waals surface area contributed by atoms with Gasteiger partial charge >= 0.3 is 5.97 Å². The van der Waals surface area contributed by atoms with Crippen LogP contribution in [-0.2, 0) is 9.53 Å². The van der Waals surface area contributed by atoms with Gasteiger partial charge in [-0.2, -0.15) is 0 Å². The molecule has 0 bridgehead atoms. The molecule has 1 unspecified atom stereocenters. The van der Waals surface area contributed by atoms with Crippen molar-refractivity contribution in [3.63, 3.8) is 0 Å². The van der Waals surface area contributed by atoms with Crippen molar-refractivity contribution in [1.29, 1.82) is 0 Å². The minimum Gasteiger partial charge on any atom is -0.463 e. The minimum absolute atomic E-state index is 0.220. The van der Waals surface area contributed by atoms with E-state index in [9.17, 15) is 9.59 Å². The molecule has 2 aromatic carbocycles. The molecule has 0 saturated carbocycles. The van der Waals surface area contributed by atoms with Crippen molar-refractivity contribution in [3.05, 3.63) is 95.6 Å². The molecule has 2 heterocycles. The molecule has 0 aliphatic carbocycles. The Kier molecular flexibility index (Phi) is 6.54. The van der Waals surface area contributed by atoms with E-state index in [1.165, 1.54) is 11.3 Å². The molecule has 33 heavy (non-hydrogen) atoms. The number of nitrogens with zero attached hydrogens (tertiary/aromatic N) is 3. The Morgan fingerprint density at radius 2 is 1.91 bits per heavy atom. The van der Waals surface area contributed by atoms with Gasteiger partial charge in [-0.15, -0.1) is 0 Å². The highest BCUT2D eigenvalue weighted by Gasteiger charge is 2.34. The first-order chi connectivity index (χ1) is 15.8. The van der Waals surface area contributed by atoms with Crippen molar-refractivity contribution >= 4 is 40.7 Å². The Hall–Kier alpha value is -3.16. The summed E-state index contributed by atoms with van der Waals surface area (Å²) in [6.07, 6.45) is 1.84. The van der Waals surface area contributed by atoms with Crippen molar-refractivity contribution in [3.8, 4) is 0 Å². The van der Waals surface area contributed by atoms with Crippen LogP contribution in [0.3, 0.4) is 0 Å². The predicted molar refractivity (Wildman–Crippen MR) is 133 cm³/mol. The standard InChI is InChI=1S/C25H24ClN3O3S/c1-5-32-24(31)21-15(2)27-25-29(22(21)18-8-6-7-9-19(18)26)23(30)20(33-25)14-16-10-12-17(13-11-16)28(3)4/h6-14,22H,5H2,1-4H3. The van der Waals surface area contributed by atoms with Gasteiger partial charge in [0.25, 0.3) is 5.56 Å². The lowest BCUT2D eigenvalue weighted by Gasteiger charge is -2.25. The van der Waals surface area contributed by atoms with Crippen LogP contribution in [0.15, 0.2) is 69.6 Å². The first-order valence-corrected chi connectivity index (χ1v) is 11.7. The maximum atomic E-state index is 13.6. The fraction of sp³-hybridized carbons (Fsp3) is 0.240. The second kappa shape index (κ2) is 9.37. The van der Waals surface area contributed by atoms with Crippen LogP contribution in [0.1, 0.15) is 31.0 Å². The number of carbonyl (C=O) groups excluding carboxylic acids is 1. The highest BCUT2D eigenvalue weighted by atomic mass is 35.5. The highest BCUT2D eigenvalue weighted by molar-refractivity contribution is 7.07. The third-order valence-electron chi connectivity index (χ3n) is 5.42. The van der Waals surface area contributed by atoms with Crippen LogP contribution < -0.4 is 19.8 Å². The summed E-state index contributed by atoms with van der Waals surface area (Å²) in [5.74, 6) is -0.503. The predicted octanol–water partition coefficient (Wildman–Crippen LogP) is 3.52. The molecule has 170 valence electrons. The van der Waals surface area contributed by atoms with Gasteiger partial charge in [-0.25, -0.2) is 9.79 Å². The summed E-state index contributed by atoms with van der Waals surface area (Å²) in [6, 6.07) is 14.4. The summed E-state index contributed by atoms with van der Waals surface area (Å²) in [5.41, 5.74) is 3.23. The van der Waals surface area contributed by atoms with Gasteiger partial charge in [-0.05, 0) is 49.2 Å². The number of ether oxygens (including phenoxy) is 1. The molecule has 6 nitrogen and oxygen atoms in total. The Bertz CT molecular complexity index is 1420. The number of carbonyl (C=O) groups is 1. The molecule has 0 amide bonds. The van der Waals surface area contributed by atoms with Crippen LogP contribution >= 0.6 is 22.9 Å². The van der Waals surface area contributed by atoms with Crippen LogP contribution in [0.25, 0.3) is 6.08 Å². The fourth-order valence-corrected chi connectivity index (χ4v) is 5.09. The number of anilines is 1. The normalized spacial score (nSPS) is 15.8. The van der Waals surface area contributed by atoms with Crippen LogP contribution in [0, 0.1) is 0 Å². The van der Waals surface area contributed by atoms with Crippen molar-refractivity contribution < 1.29 is 9.53 Å². The van der Waals surface area contributed by atoms with Crippen LogP contribution in [0.2, 0.25) is 5.02 Å². The number of benzene rings is 2. The fourth-order valence-electron chi connectivity index (χ4n) is 3.80. The summed E-state index contributed by atoms with van der Waals surface area (Å²) in [7, 11) is 3.95. The van der Waals surface area contributed by atoms with Gasteiger partial charge in [-0.3, -0.25) is 9.36 Å². The Labute approximate surface area is 200 Å². The number of esters is 1. The largest absolute Gasteiger partial charge is 0.463 e. The van der Waals surface area contributed by atoms with Crippen molar-refractivity contribution in [2.24, 2.45) is 4.99 Å². The van der Waals surface area contributed by atoms with Gasteiger partial charge < -0.3 is 9.64 Å². The molecule has 1 aliphatic rings. The maximum Gasteiger partial charge on any atom is 0.338 e. The third-order valence-corrected chi connectivity index (χ3v) is 6.75. The molecular formula is C25H24ClN3O3S. The number of aromatic nitrogens is 1. The molecule has 1 aliphatic heterocycles. The SMILES string of the molecule is CCOC(=O)C1=C(C)N=c2sc(=Cc3ccc(N(C)C)cc3)c(=O)n2C1c1ccccc1Cl. The van der Waals surface area contributed by atoms with E-state index in [0.717, 1.165) is 11.3 Å². The molecule has 0 N–H and O–H groups in total. The number of hydrogen-bond donors (Lipinski definition) is 0. The molecule has 1 aromatic heterocycles. The van der Waals surface area contributed by atoms with Crippen molar-refractivity contribution in [1.82, 2.24) is 4.57 Å². The van der Waals surface area contributed by atoms with Gasteiger partial charge in [0.2, 0.25) is 0 Å². The molecular weight excluding hydrogens is 458 g/mol. The van der Waals surface area contributed by atoms with E-state index in [1.54, 1.807) is 24.5 Å². The molecule has 4 rings (SSSR count). The number of hydrogen-bond acceptors (Lipinski definition) is 6. The van der Waals surface area contributed by atoms with Crippen molar-refractivity contribution in [2.45, 2.75) is 19.9 Å². The lowest BCUT2D eigenvalue weighted by atomic mass is 9.96. The molecule has 8 heteroatoms. The summed E-state index contributed by atoms with van der Waals surface area (Å²) in [5, 5.41) is 0.466. The topological polar surface area (TPSA) is 63.9 Å². The van der Waals surface area contributed by atoms with E-state index in [4.69, 9.17) is 16.3 Å². The van der Waals surface area contributed by atoms with E-state index < -0.39 is 12.0 Å². The maximum absolute atomic E-state index is 13.6. The monoisotopic (exact) mass is 481 g/mol. The molecule has 0 fully saturated rings. The summed E-state index contributed by atoms with van der Waals surface area (Å²) < 4.78 is 7.38. The zero-order valence-electron chi connectivity index (χ0n) is 18.8. The molecule has 0 spiro atoms. The number of fused-ring (bicyclic) bond motifs is 1. The second-order valence-electron chi connectivity index (χ2n) is 7.81. The third kappa shape index (κ3) is 4.38. The molecule has 0 saturated heterocycles. The van der Waals surface area contributed by atoms with E-state index >= 15 is 0 Å². The average Bonchev–Trinajstić information content (AvgIpc) is 3.08. The van der Waals surface area contributed by atoms with E-state index in [1.807, 2.05) is 67.5 Å². The van der Waals surface area contributed by atoms with E-state index in [2.05, 4.69) is 4.99 Å². The molecule has 1 atom stereocenters. The van der Waals surface area contributed by atoms with Gasteiger partial charge in [0, 0.05) is 24.8 Å². The quantitative estimate of drug-likeness (QED) is 0.523. The molecule has 3 aromatic rings. The number of halogens is 1. The zero-order valence-corrected chi connectivity index (χ0v) is 20.4. The van der Waals surface area contributed by atoms with Gasteiger partial charge in [0.1, 0.15) is 6.04 Å². The lowest BCUT2D eigenvalue weighted by molar-refractivity contribution is -0.139. The summed E-state index contributed by atoms with van der Waals surface area (Å²) in [6.45, 7) is 3.72. The first kappa shape index (κ1) is 23.0. The second-order valence-corrected chi connectivity index (χ2v) is 9.23.